The van der Waals surface area contributed by atoms with Gasteiger partial charge >= 0.3 is 5.97 Å². The van der Waals surface area contributed by atoms with E-state index in [2.05, 4.69) is 5.32 Å². The highest BCUT2D eigenvalue weighted by Gasteiger charge is 2.23. The molecule has 23 heavy (non-hydrogen) atoms. The molecule has 0 aliphatic carbocycles. The molecule has 2 aromatic carbocycles. The minimum Gasteiger partial charge on any atom is -0.508 e. The molecule has 0 aliphatic rings. The maximum Gasteiger partial charge on any atom is 0.328 e. The number of esters is 1. The maximum atomic E-state index is 12.2. The molecule has 0 spiro atoms. The van der Waals surface area contributed by atoms with Gasteiger partial charge in [-0.15, -0.1) is 0 Å². The van der Waals surface area contributed by atoms with Gasteiger partial charge in [0.05, 0.1) is 7.11 Å². The molecule has 0 aliphatic heterocycles. The molecule has 120 valence electrons. The predicted octanol–water partition coefficient (Wildman–Crippen LogP) is 1.61. The molecule has 0 saturated heterocycles. The van der Waals surface area contributed by atoms with Crippen molar-refractivity contribution in [2.75, 3.05) is 7.11 Å². The fraction of sp³-hybridized carbons (Fsp3) is 0.176. The molecule has 6 nitrogen and oxygen atoms in total. The van der Waals surface area contributed by atoms with Crippen LogP contribution in [0.25, 0.3) is 0 Å². The van der Waals surface area contributed by atoms with Gasteiger partial charge in [-0.05, 0) is 29.8 Å². The lowest BCUT2D eigenvalue weighted by atomic mass is 10.0. The van der Waals surface area contributed by atoms with Crippen molar-refractivity contribution in [1.82, 2.24) is 5.32 Å². The summed E-state index contributed by atoms with van der Waals surface area (Å²) in [6.07, 6.45) is 0.0766. The smallest absolute Gasteiger partial charge is 0.328 e. The van der Waals surface area contributed by atoms with Crippen LogP contribution in [0.4, 0.5) is 0 Å². The van der Waals surface area contributed by atoms with Gasteiger partial charge in [0.2, 0.25) is 0 Å². The fourth-order valence-electron chi connectivity index (χ4n) is 2.18. The van der Waals surface area contributed by atoms with E-state index in [1.807, 2.05) is 0 Å². The summed E-state index contributed by atoms with van der Waals surface area (Å²) in [5.74, 6) is -1.28. The van der Waals surface area contributed by atoms with Gasteiger partial charge in [0.1, 0.15) is 17.5 Å². The Kier molecular flexibility index (Phi) is 5.19. The Morgan fingerprint density at radius 2 is 1.70 bits per heavy atom. The third-order valence-corrected chi connectivity index (χ3v) is 3.23. The van der Waals surface area contributed by atoms with E-state index in [9.17, 15) is 19.8 Å². The van der Waals surface area contributed by atoms with E-state index in [0.717, 1.165) is 0 Å². The van der Waals surface area contributed by atoms with Gasteiger partial charge in [-0.1, -0.05) is 18.2 Å². The summed E-state index contributed by atoms with van der Waals surface area (Å²) in [6, 6.07) is 11.5. The molecule has 3 N–H and O–H groups in total. The molecule has 0 unspecified atom stereocenters. The van der Waals surface area contributed by atoms with Gasteiger partial charge in [0.25, 0.3) is 5.91 Å². The Morgan fingerprint density at radius 1 is 1.09 bits per heavy atom. The zero-order valence-corrected chi connectivity index (χ0v) is 12.5. The van der Waals surface area contributed by atoms with Crippen LogP contribution in [0.3, 0.4) is 0 Å². The molecule has 0 aromatic heterocycles. The van der Waals surface area contributed by atoms with Gasteiger partial charge < -0.3 is 20.3 Å². The van der Waals surface area contributed by atoms with Gasteiger partial charge in [0, 0.05) is 18.1 Å². The van der Waals surface area contributed by atoms with Crippen LogP contribution in [0.5, 0.6) is 11.5 Å². The number of methoxy groups -OCH3 is 1. The zero-order valence-electron chi connectivity index (χ0n) is 12.5. The minimum absolute atomic E-state index is 0.0766. The lowest BCUT2D eigenvalue weighted by Crippen LogP contribution is -2.43. The number of carbonyl (C=O) groups excluding carboxylic acids is 2. The molecule has 2 rings (SSSR count). The van der Waals surface area contributed by atoms with E-state index in [-0.39, 0.29) is 17.9 Å². The molecular formula is C17H17NO5. The number of benzene rings is 2. The molecule has 1 amide bonds. The topological polar surface area (TPSA) is 95.9 Å². The second kappa shape index (κ2) is 7.31. The summed E-state index contributed by atoms with van der Waals surface area (Å²) < 4.78 is 4.70. The SMILES string of the molecule is COC(=O)[C@H](Cc1cc(O)cc(O)c1)NC(=O)c1ccccc1. The first kappa shape index (κ1) is 16.4. The van der Waals surface area contributed by atoms with Crippen molar-refractivity contribution in [2.24, 2.45) is 0 Å². The van der Waals surface area contributed by atoms with Gasteiger partial charge in [-0.25, -0.2) is 4.79 Å². The Morgan fingerprint density at radius 3 is 2.26 bits per heavy atom. The van der Waals surface area contributed by atoms with Crippen LogP contribution in [0.1, 0.15) is 15.9 Å². The van der Waals surface area contributed by atoms with E-state index >= 15 is 0 Å². The standard InChI is InChI=1S/C17H17NO5/c1-23-17(22)15(9-11-7-13(19)10-14(20)8-11)18-16(21)12-5-3-2-4-6-12/h2-8,10,15,19-20H,9H2,1H3,(H,18,21)/t15-/m0/s1. The van der Waals surface area contributed by atoms with Crippen molar-refractivity contribution in [2.45, 2.75) is 12.5 Å². The molecule has 0 fully saturated rings. The first-order chi connectivity index (χ1) is 11.0. The van der Waals surface area contributed by atoms with Crippen LogP contribution in [0.15, 0.2) is 48.5 Å². The number of amides is 1. The third kappa shape index (κ3) is 4.47. The van der Waals surface area contributed by atoms with E-state index in [4.69, 9.17) is 4.74 Å². The second-order valence-corrected chi connectivity index (χ2v) is 4.98. The number of phenolic OH excluding ortho intramolecular Hbond substituents is 2. The Balaban J connectivity index is 2.17. The van der Waals surface area contributed by atoms with E-state index in [1.54, 1.807) is 30.3 Å². The van der Waals surface area contributed by atoms with E-state index in [1.165, 1.54) is 25.3 Å². The van der Waals surface area contributed by atoms with Crippen LogP contribution in [-0.2, 0) is 16.0 Å². The van der Waals surface area contributed by atoms with Gasteiger partial charge in [-0.2, -0.15) is 0 Å². The average molecular weight is 315 g/mol. The van der Waals surface area contributed by atoms with Crippen molar-refractivity contribution in [3.05, 3.63) is 59.7 Å². The summed E-state index contributed by atoms with van der Waals surface area (Å²) in [6.45, 7) is 0. The average Bonchev–Trinajstić information content (AvgIpc) is 2.53. The van der Waals surface area contributed by atoms with Gasteiger partial charge in [-0.3, -0.25) is 4.79 Å². The number of hydrogen-bond acceptors (Lipinski definition) is 5. The van der Waals surface area contributed by atoms with Gasteiger partial charge in [0.15, 0.2) is 0 Å². The Labute approximate surface area is 133 Å². The third-order valence-electron chi connectivity index (χ3n) is 3.23. The molecule has 0 saturated carbocycles. The van der Waals surface area contributed by atoms with Crippen LogP contribution in [-0.4, -0.2) is 35.2 Å². The van der Waals surface area contributed by atoms with Crippen molar-refractivity contribution in [3.63, 3.8) is 0 Å². The summed E-state index contributed by atoms with van der Waals surface area (Å²) in [5.41, 5.74) is 0.909. The largest absolute Gasteiger partial charge is 0.508 e. The minimum atomic E-state index is -0.936. The predicted molar refractivity (Wildman–Crippen MR) is 83.2 cm³/mol. The summed E-state index contributed by atoms with van der Waals surface area (Å²) >= 11 is 0. The molecule has 0 heterocycles. The molecule has 0 bridgehead atoms. The number of phenols is 2. The number of hydrogen-bond donors (Lipinski definition) is 3. The molecule has 1 atom stereocenters. The number of carbonyl (C=O) groups is 2. The summed E-state index contributed by atoms with van der Waals surface area (Å²) in [7, 11) is 1.23. The highest BCUT2D eigenvalue weighted by molar-refractivity contribution is 5.96. The first-order valence-corrected chi connectivity index (χ1v) is 6.95. The fourth-order valence-corrected chi connectivity index (χ4v) is 2.18. The normalized spacial score (nSPS) is 11.5. The molecule has 0 radical (unpaired) electrons. The van der Waals surface area contributed by atoms with Crippen molar-refractivity contribution in [3.8, 4) is 11.5 Å². The quantitative estimate of drug-likeness (QED) is 0.729. The molecular weight excluding hydrogens is 298 g/mol. The van der Waals surface area contributed by atoms with Crippen LogP contribution < -0.4 is 5.32 Å². The number of nitrogens with one attached hydrogen (secondary N) is 1. The molecule has 6 heteroatoms. The number of aromatic hydroxyl groups is 2. The highest BCUT2D eigenvalue weighted by Crippen LogP contribution is 2.21. The Hall–Kier alpha value is -3.02. The number of rotatable bonds is 5. The van der Waals surface area contributed by atoms with E-state index < -0.39 is 17.9 Å². The van der Waals surface area contributed by atoms with Crippen molar-refractivity contribution >= 4 is 11.9 Å². The Bertz CT molecular complexity index is 679. The van der Waals surface area contributed by atoms with Crippen molar-refractivity contribution < 1.29 is 24.5 Å². The van der Waals surface area contributed by atoms with E-state index in [0.29, 0.717) is 11.1 Å². The van der Waals surface area contributed by atoms with Crippen LogP contribution >= 0.6 is 0 Å². The zero-order chi connectivity index (χ0) is 16.8. The van der Waals surface area contributed by atoms with Crippen LogP contribution in [0.2, 0.25) is 0 Å². The maximum absolute atomic E-state index is 12.2. The highest BCUT2D eigenvalue weighted by atomic mass is 16.5. The van der Waals surface area contributed by atoms with Crippen molar-refractivity contribution in [1.29, 1.82) is 0 Å². The first-order valence-electron chi connectivity index (χ1n) is 6.95. The van der Waals surface area contributed by atoms with Crippen LogP contribution in [0, 0.1) is 0 Å². The number of ether oxygens (including phenoxy) is 1. The summed E-state index contributed by atoms with van der Waals surface area (Å²) in [5, 5.41) is 21.6. The molecule has 2 aromatic rings. The monoisotopic (exact) mass is 315 g/mol. The lowest BCUT2D eigenvalue weighted by molar-refractivity contribution is -0.142. The lowest BCUT2D eigenvalue weighted by Gasteiger charge is -2.17. The summed E-state index contributed by atoms with van der Waals surface area (Å²) in [4.78, 5) is 24.1. The second-order valence-electron chi connectivity index (χ2n) is 4.98.